The summed E-state index contributed by atoms with van der Waals surface area (Å²) in [5.41, 5.74) is 1.19. The molecule has 1 heterocycles. The Hall–Kier alpha value is -3.72. The van der Waals surface area contributed by atoms with Gasteiger partial charge >= 0.3 is 5.97 Å². The van der Waals surface area contributed by atoms with E-state index < -0.39 is 11.9 Å². The molecule has 0 radical (unpaired) electrons. The topological polar surface area (TPSA) is 107 Å². The highest BCUT2D eigenvalue weighted by atomic mass is 16.5. The van der Waals surface area contributed by atoms with Crippen molar-refractivity contribution < 1.29 is 28.6 Å². The molecule has 34 heavy (non-hydrogen) atoms. The van der Waals surface area contributed by atoms with Gasteiger partial charge in [0.25, 0.3) is 5.91 Å². The van der Waals surface area contributed by atoms with E-state index in [0.29, 0.717) is 42.5 Å². The Morgan fingerprint density at radius 3 is 2.50 bits per heavy atom. The lowest BCUT2D eigenvalue weighted by Crippen LogP contribution is -2.35. The Morgan fingerprint density at radius 1 is 1.06 bits per heavy atom. The van der Waals surface area contributed by atoms with Gasteiger partial charge in [0.15, 0.2) is 5.78 Å². The summed E-state index contributed by atoms with van der Waals surface area (Å²) in [7, 11) is 1.27. The van der Waals surface area contributed by atoms with E-state index in [0.717, 1.165) is 19.6 Å². The number of nitrogens with zero attached hydrogens (tertiary/aromatic N) is 2. The molecule has 1 aliphatic rings. The number of carbonyl (C=O) groups excluding carboxylic acids is 3. The fourth-order valence-corrected chi connectivity index (χ4v) is 3.43. The van der Waals surface area contributed by atoms with Crippen LogP contribution in [0.15, 0.2) is 41.4 Å². The van der Waals surface area contributed by atoms with Gasteiger partial charge in [-0.15, -0.1) is 0 Å². The zero-order valence-corrected chi connectivity index (χ0v) is 19.6. The third-order valence-electron chi connectivity index (χ3n) is 5.26. The molecule has 0 aliphatic carbocycles. The lowest BCUT2D eigenvalue weighted by Gasteiger charge is -2.22. The van der Waals surface area contributed by atoms with Crippen LogP contribution in [0.2, 0.25) is 0 Å². The minimum atomic E-state index is -0.608. The van der Waals surface area contributed by atoms with Gasteiger partial charge in [-0.25, -0.2) is 4.79 Å². The standard InChI is InChI=1S/C25H29N3O6/c1-4-33-23-8-5-18(17(2)29)16-21(23)27-24(30)19-6-7-22(20(15-19)25(31)32-3)34-14-13-28-11-9-26-10-12-28/h5-9,15-16H,4,10-14H2,1-3H3,(H,27,30). The van der Waals surface area contributed by atoms with Crippen molar-refractivity contribution >= 4 is 29.6 Å². The van der Waals surface area contributed by atoms with Crippen molar-refractivity contribution in [2.45, 2.75) is 13.8 Å². The molecule has 0 bridgehead atoms. The second-order valence-electron chi connectivity index (χ2n) is 7.59. The van der Waals surface area contributed by atoms with Crippen LogP contribution in [0, 0.1) is 0 Å². The van der Waals surface area contributed by atoms with Crippen LogP contribution in [0.3, 0.4) is 0 Å². The van der Waals surface area contributed by atoms with Crippen LogP contribution in [-0.4, -0.2) is 75.3 Å². The van der Waals surface area contributed by atoms with Crippen molar-refractivity contribution in [2.75, 3.05) is 51.8 Å². The number of nitrogens with one attached hydrogen (secondary N) is 1. The summed E-state index contributed by atoms with van der Waals surface area (Å²) >= 11 is 0. The molecule has 1 aliphatic heterocycles. The van der Waals surface area contributed by atoms with Crippen molar-refractivity contribution in [3.05, 3.63) is 53.1 Å². The maximum Gasteiger partial charge on any atom is 0.341 e. The highest BCUT2D eigenvalue weighted by Gasteiger charge is 2.19. The first-order valence-corrected chi connectivity index (χ1v) is 11.1. The molecule has 180 valence electrons. The van der Waals surface area contributed by atoms with Gasteiger partial charge in [0.1, 0.15) is 23.7 Å². The number of ketones is 1. The smallest absolute Gasteiger partial charge is 0.341 e. The fraction of sp³-hybridized carbons (Fsp3) is 0.360. The van der Waals surface area contributed by atoms with Crippen molar-refractivity contribution in [1.29, 1.82) is 0 Å². The molecule has 2 aromatic rings. The Balaban J connectivity index is 1.78. The summed E-state index contributed by atoms with van der Waals surface area (Å²) in [6.45, 7) is 7.10. The van der Waals surface area contributed by atoms with Crippen molar-refractivity contribution in [3.8, 4) is 11.5 Å². The fourth-order valence-electron chi connectivity index (χ4n) is 3.43. The SMILES string of the molecule is CCOc1ccc(C(C)=O)cc1NC(=O)c1ccc(OCCN2CC=NCC2)c(C(=O)OC)c1. The maximum absolute atomic E-state index is 13.0. The number of esters is 1. The van der Waals surface area contributed by atoms with Crippen molar-refractivity contribution in [3.63, 3.8) is 0 Å². The number of Topliss-reactive ketones (excluding diaryl/α,β-unsaturated/α-hetero) is 1. The summed E-state index contributed by atoms with van der Waals surface area (Å²) < 4.78 is 16.3. The number of aliphatic imine (C=N–C) groups is 1. The maximum atomic E-state index is 13.0. The van der Waals surface area contributed by atoms with Crippen molar-refractivity contribution in [1.82, 2.24) is 4.90 Å². The second kappa shape index (κ2) is 11.9. The first-order chi connectivity index (χ1) is 16.4. The van der Waals surface area contributed by atoms with Crippen LogP contribution in [-0.2, 0) is 4.74 Å². The summed E-state index contributed by atoms with van der Waals surface area (Å²) in [6, 6.07) is 9.42. The Morgan fingerprint density at radius 2 is 1.82 bits per heavy atom. The molecule has 3 rings (SSSR count). The number of carbonyl (C=O) groups is 3. The number of benzene rings is 2. The number of hydrogen-bond donors (Lipinski definition) is 1. The van der Waals surface area contributed by atoms with E-state index in [9.17, 15) is 14.4 Å². The highest BCUT2D eigenvalue weighted by molar-refractivity contribution is 6.07. The molecule has 0 unspecified atom stereocenters. The van der Waals surface area contributed by atoms with Gasteiger partial charge in [-0.2, -0.15) is 0 Å². The molecule has 9 heteroatoms. The molecule has 2 aromatic carbocycles. The molecule has 0 saturated carbocycles. The molecule has 1 amide bonds. The van der Waals surface area contributed by atoms with Gasteiger partial charge in [-0.1, -0.05) is 0 Å². The van der Waals surface area contributed by atoms with E-state index in [1.807, 2.05) is 13.1 Å². The van der Waals surface area contributed by atoms with E-state index in [1.165, 1.54) is 20.1 Å². The van der Waals surface area contributed by atoms with Gasteiger partial charge in [0.05, 0.1) is 25.9 Å². The van der Waals surface area contributed by atoms with E-state index in [4.69, 9.17) is 14.2 Å². The van der Waals surface area contributed by atoms with Gasteiger partial charge in [-0.05, 0) is 50.2 Å². The Bertz CT molecular complexity index is 1080. The molecule has 0 spiro atoms. The number of methoxy groups -OCH3 is 1. The predicted molar refractivity (Wildman–Crippen MR) is 129 cm³/mol. The molecule has 0 saturated heterocycles. The molecule has 0 aromatic heterocycles. The Kier molecular flexibility index (Phi) is 8.75. The molecule has 9 nitrogen and oxygen atoms in total. The van der Waals surface area contributed by atoms with Gasteiger partial charge in [-0.3, -0.25) is 19.5 Å². The van der Waals surface area contributed by atoms with Gasteiger partial charge in [0.2, 0.25) is 0 Å². The van der Waals surface area contributed by atoms with Crippen LogP contribution in [0.25, 0.3) is 0 Å². The molecular weight excluding hydrogens is 438 g/mol. The average molecular weight is 468 g/mol. The summed E-state index contributed by atoms with van der Waals surface area (Å²) in [6.07, 6.45) is 1.87. The van der Waals surface area contributed by atoms with Gasteiger partial charge in [0, 0.05) is 37.0 Å². The second-order valence-corrected chi connectivity index (χ2v) is 7.59. The van der Waals surface area contributed by atoms with Crippen LogP contribution in [0.4, 0.5) is 5.69 Å². The number of hydrogen-bond acceptors (Lipinski definition) is 8. The third-order valence-corrected chi connectivity index (χ3v) is 5.26. The quantitative estimate of drug-likeness (QED) is 0.423. The monoisotopic (exact) mass is 467 g/mol. The number of rotatable bonds is 10. The first-order valence-electron chi connectivity index (χ1n) is 11.1. The average Bonchev–Trinajstić information content (AvgIpc) is 2.85. The van der Waals surface area contributed by atoms with Crippen LogP contribution < -0.4 is 14.8 Å². The molecular formula is C25H29N3O6. The molecule has 1 N–H and O–H groups in total. The van der Waals surface area contributed by atoms with E-state index in [1.54, 1.807) is 30.3 Å². The zero-order chi connectivity index (χ0) is 24.5. The normalized spacial score (nSPS) is 13.3. The predicted octanol–water partition coefficient (Wildman–Crippen LogP) is 3.09. The van der Waals surface area contributed by atoms with Crippen LogP contribution >= 0.6 is 0 Å². The molecule has 0 fully saturated rings. The lowest BCUT2D eigenvalue weighted by molar-refractivity contribution is 0.0595. The first kappa shape index (κ1) is 24.9. The minimum absolute atomic E-state index is 0.134. The lowest BCUT2D eigenvalue weighted by atomic mass is 10.1. The zero-order valence-electron chi connectivity index (χ0n) is 19.6. The largest absolute Gasteiger partial charge is 0.492 e. The number of anilines is 1. The number of ether oxygens (including phenoxy) is 3. The summed E-state index contributed by atoms with van der Waals surface area (Å²) in [4.78, 5) is 43.5. The summed E-state index contributed by atoms with van der Waals surface area (Å²) in [5, 5.41) is 2.77. The third kappa shape index (κ3) is 6.41. The van der Waals surface area contributed by atoms with E-state index >= 15 is 0 Å². The van der Waals surface area contributed by atoms with Crippen molar-refractivity contribution in [2.24, 2.45) is 4.99 Å². The van der Waals surface area contributed by atoms with Crippen LogP contribution in [0.1, 0.15) is 44.9 Å². The summed E-state index contributed by atoms with van der Waals surface area (Å²) in [5.74, 6) is -0.432. The highest BCUT2D eigenvalue weighted by Crippen LogP contribution is 2.28. The van der Waals surface area contributed by atoms with Crippen LogP contribution in [0.5, 0.6) is 11.5 Å². The van der Waals surface area contributed by atoms with E-state index in [2.05, 4.69) is 15.2 Å². The van der Waals surface area contributed by atoms with Gasteiger partial charge < -0.3 is 19.5 Å². The molecule has 0 atom stereocenters. The minimum Gasteiger partial charge on any atom is -0.492 e. The van der Waals surface area contributed by atoms with E-state index in [-0.39, 0.29) is 16.9 Å². The Labute approximate surface area is 198 Å². The number of amides is 1.